The molecule has 1 aliphatic heterocycles. The van der Waals surface area contributed by atoms with Gasteiger partial charge in [0.15, 0.2) is 10.9 Å². The van der Waals surface area contributed by atoms with Gasteiger partial charge in [-0.05, 0) is 40.2 Å². The van der Waals surface area contributed by atoms with Crippen molar-refractivity contribution in [3.8, 4) is 5.75 Å². The fraction of sp³-hybridized carbons (Fsp3) is 0.688. The van der Waals surface area contributed by atoms with E-state index in [9.17, 15) is 18.3 Å². The second-order valence-corrected chi connectivity index (χ2v) is 9.31. The smallest absolute Gasteiger partial charge is 0.422 e. The zero-order chi connectivity index (χ0) is 19.3. The molecule has 2 heterocycles. The summed E-state index contributed by atoms with van der Waals surface area (Å²) in [6.07, 6.45) is -5.43. The van der Waals surface area contributed by atoms with Gasteiger partial charge in [0, 0.05) is 10.3 Å². The van der Waals surface area contributed by atoms with Crippen molar-refractivity contribution in [2.45, 2.75) is 63.1 Å². The lowest BCUT2D eigenvalue weighted by Gasteiger charge is -2.31. The Kier molecular flexibility index (Phi) is 5.34. The summed E-state index contributed by atoms with van der Waals surface area (Å²) >= 11 is 7.50. The molecule has 0 aliphatic carbocycles. The second kappa shape index (κ2) is 6.48. The minimum Gasteiger partial charge on any atom is -0.488 e. The summed E-state index contributed by atoms with van der Waals surface area (Å²) in [5.41, 5.74) is -3.89. The lowest BCUT2D eigenvalue weighted by atomic mass is 9.90. The third-order valence-electron chi connectivity index (χ3n) is 4.02. The summed E-state index contributed by atoms with van der Waals surface area (Å²) in [5.74, 6) is 0.246. The van der Waals surface area contributed by atoms with E-state index >= 15 is 0 Å². The van der Waals surface area contributed by atoms with Crippen LogP contribution in [0.2, 0.25) is 5.15 Å². The Morgan fingerprint density at radius 2 is 2.00 bits per heavy atom. The summed E-state index contributed by atoms with van der Waals surface area (Å²) in [5, 5.41) is 10.0. The van der Waals surface area contributed by atoms with Gasteiger partial charge < -0.3 is 9.84 Å². The number of aliphatic hydroxyl groups is 1. The molecule has 2 unspecified atom stereocenters. The van der Waals surface area contributed by atoms with E-state index in [1.54, 1.807) is 0 Å². The molecule has 25 heavy (non-hydrogen) atoms. The first-order valence-corrected chi connectivity index (χ1v) is 9.01. The normalized spacial score (nSPS) is 23.1. The molecule has 0 fully saturated rings. The zero-order valence-corrected chi connectivity index (χ0v) is 16.3. The zero-order valence-electron chi connectivity index (χ0n) is 14.7. The minimum atomic E-state index is -4.87. The molecule has 0 radical (unpaired) electrons. The highest BCUT2D eigenvalue weighted by Gasteiger charge is 2.55. The van der Waals surface area contributed by atoms with Gasteiger partial charge in [-0.15, -0.1) is 0 Å². The van der Waals surface area contributed by atoms with Crippen molar-refractivity contribution < 1.29 is 23.0 Å². The number of aromatic nitrogens is 1. The number of nitrogens with zero attached hydrogens (tertiary/aromatic N) is 1. The largest absolute Gasteiger partial charge is 0.488 e. The first-order valence-electron chi connectivity index (χ1n) is 7.82. The Morgan fingerprint density at radius 1 is 1.40 bits per heavy atom. The van der Waals surface area contributed by atoms with Gasteiger partial charge in [0.25, 0.3) is 0 Å². The third kappa shape index (κ3) is 3.86. The fourth-order valence-electron chi connectivity index (χ4n) is 2.43. The Labute approximate surface area is 154 Å². The topological polar surface area (TPSA) is 54.4 Å². The number of nitrogens with one attached hydrogen (secondary N) is 1. The van der Waals surface area contributed by atoms with Gasteiger partial charge in [0.2, 0.25) is 5.60 Å². The van der Waals surface area contributed by atoms with Gasteiger partial charge in [-0.1, -0.05) is 30.5 Å². The first-order chi connectivity index (χ1) is 11.2. The highest BCUT2D eigenvalue weighted by Crippen LogP contribution is 2.47. The SMILES string of the molecule is CCC(O)(c1cc2c(c(Cl)n1)OCC2(C)NSC(C)(C)C)C(F)(F)F. The molecule has 1 aromatic rings. The van der Waals surface area contributed by atoms with Crippen molar-refractivity contribution in [1.29, 1.82) is 0 Å². The van der Waals surface area contributed by atoms with Crippen LogP contribution in [0.1, 0.15) is 52.3 Å². The van der Waals surface area contributed by atoms with E-state index in [1.165, 1.54) is 24.9 Å². The van der Waals surface area contributed by atoms with Crippen LogP contribution in [0.25, 0.3) is 0 Å². The summed E-state index contributed by atoms with van der Waals surface area (Å²) in [7, 11) is 0. The van der Waals surface area contributed by atoms with Crippen molar-refractivity contribution in [3.05, 3.63) is 22.5 Å². The maximum absolute atomic E-state index is 13.4. The molecule has 142 valence electrons. The highest BCUT2D eigenvalue weighted by atomic mass is 35.5. The van der Waals surface area contributed by atoms with E-state index in [2.05, 4.69) is 9.71 Å². The van der Waals surface area contributed by atoms with Crippen molar-refractivity contribution in [3.63, 3.8) is 0 Å². The first kappa shape index (κ1) is 20.6. The molecule has 0 spiro atoms. The molecule has 0 saturated heterocycles. The lowest BCUT2D eigenvalue weighted by Crippen LogP contribution is -2.43. The van der Waals surface area contributed by atoms with Crippen molar-refractivity contribution >= 4 is 23.5 Å². The van der Waals surface area contributed by atoms with Gasteiger partial charge in [-0.2, -0.15) is 13.2 Å². The van der Waals surface area contributed by atoms with Crippen molar-refractivity contribution in [1.82, 2.24) is 9.71 Å². The van der Waals surface area contributed by atoms with E-state index in [1.807, 2.05) is 27.7 Å². The number of alkyl halides is 3. The van der Waals surface area contributed by atoms with Crippen molar-refractivity contribution in [2.75, 3.05) is 6.61 Å². The van der Waals surface area contributed by atoms with Crippen LogP contribution in [0.5, 0.6) is 5.75 Å². The summed E-state index contributed by atoms with van der Waals surface area (Å²) < 4.78 is 48.9. The Morgan fingerprint density at radius 3 is 2.48 bits per heavy atom. The maximum Gasteiger partial charge on any atom is 0.422 e. The van der Waals surface area contributed by atoms with E-state index < -0.39 is 29.4 Å². The number of rotatable bonds is 4. The number of fused-ring (bicyclic) bond motifs is 1. The monoisotopic (exact) mass is 398 g/mol. The second-order valence-electron chi connectivity index (χ2n) is 7.32. The van der Waals surface area contributed by atoms with Gasteiger partial charge in [-0.3, -0.25) is 0 Å². The molecule has 0 saturated carbocycles. The van der Waals surface area contributed by atoms with E-state index in [0.717, 1.165) is 0 Å². The summed E-state index contributed by atoms with van der Waals surface area (Å²) in [4.78, 5) is 3.76. The van der Waals surface area contributed by atoms with Gasteiger partial charge in [-0.25, -0.2) is 9.71 Å². The van der Waals surface area contributed by atoms with Crippen LogP contribution in [0, 0.1) is 0 Å². The van der Waals surface area contributed by atoms with Crippen LogP contribution in [0.4, 0.5) is 13.2 Å². The van der Waals surface area contributed by atoms with Crippen molar-refractivity contribution in [2.24, 2.45) is 0 Å². The molecule has 2 rings (SSSR count). The average Bonchev–Trinajstić information content (AvgIpc) is 2.81. The number of pyridine rings is 1. The number of hydrogen-bond donors (Lipinski definition) is 2. The van der Waals surface area contributed by atoms with Crippen LogP contribution in [0.3, 0.4) is 0 Å². The third-order valence-corrected chi connectivity index (χ3v) is 5.44. The molecule has 9 heteroatoms. The fourth-order valence-corrected chi connectivity index (χ4v) is 3.38. The van der Waals surface area contributed by atoms with Gasteiger partial charge >= 0.3 is 6.18 Å². The van der Waals surface area contributed by atoms with Crippen LogP contribution in [-0.4, -0.2) is 27.6 Å². The Hall–Kier alpha value is -0.700. The molecular formula is C16H22ClF3N2O2S. The standard InChI is InChI=1S/C16H22ClF3N2O2S/c1-6-15(23,16(18,19)20)10-7-9-11(12(17)21-10)24-8-14(9,5)22-25-13(2,3)4/h7,22-23H,6,8H2,1-5H3. The highest BCUT2D eigenvalue weighted by molar-refractivity contribution is 7.98. The van der Waals surface area contributed by atoms with Crippen LogP contribution >= 0.6 is 23.5 Å². The molecule has 2 atom stereocenters. The molecule has 0 bridgehead atoms. The van der Waals surface area contributed by atoms with Crippen LogP contribution in [-0.2, 0) is 11.1 Å². The predicted octanol–water partition coefficient (Wildman–Crippen LogP) is 4.54. The van der Waals surface area contributed by atoms with Crippen LogP contribution < -0.4 is 9.46 Å². The minimum absolute atomic E-state index is 0.110. The molecule has 1 aliphatic rings. The summed E-state index contributed by atoms with van der Waals surface area (Å²) in [6.45, 7) is 9.29. The number of halogens is 4. The molecule has 0 amide bonds. The Balaban J connectivity index is 2.51. The number of hydrogen-bond acceptors (Lipinski definition) is 5. The van der Waals surface area contributed by atoms with Gasteiger partial charge in [0.05, 0.1) is 11.2 Å². The molecule has 0 aromatic carbocycles. The van der Waals surface area contributed by atoms with Gasteiger partial charge in [0.1, 0.15) is 6.61 Å². The average molecular weight is 399 g/mol. The van der Waals surface area contributed by atoms with E-state index in [0.29, 0.717) is 5.56 Å². The quantitative estimate of drug-likeness (QED) is 0.576. The lowest BCUT2D eigenvalue weighted by molar-refractivity contribution is -0.269. The molecule has 1 aromatic heterocycles. The van der Waals surface area contributed by atoms with Crippen LogP contribution in [0.15, 0.2) is 6.07 Å². The molecular weight excluding hydrogens is 377 g/mol. The molecule has 2 N–H and O–H groups in total. The molecule has 4 nitrogen and oxygen atoms in total. The summed E-state index contributed by atoms with van der Waals surface area (Å²) in [6, 6.07) is 1.24. The van der Waals surface area contributed by atoms with E-state index in [-0.39, 0.29) is 22.3 Å². The van der Waals surface area contributed by atoms with E-state index in [4.69, 9.17) is 16.3 Å². The Bertz CT molecular complexity index is 666. The maximum atomic E-state index is 13.4. The predicted molar refractivity (Wildman–Crippen MR) is 92.8 cm³/mol. The number of ether oxygens (including phenoxy) is 1.